The van der Waals surface area contributed by atoms with E-state index in [1.807, 2.05) is 18.2 Å². The molecule has 2 aromatic rings. The number of nitrogens with zero attached hydrogens (tertiary/aromatic N) is 2. The second-order valence-electron chi connectivity index (χ2n) is 4.62. The van der Waals surface area contributed by atoms with Gasteiger partial charge in [0.1, 0.15) is 5.82 Å². The summed E-state index contributed by atoms with van der Waals surface area (Å²) < 4.78 is 2.24. The third kappa shape index (κ3) is 2.52. The van der Waals surface area contributed by atoms with E-state index >= 15 is 0 Å². The molecular weight excluding hydrogens is 246 g/mol. The van der Waals surface area contributed by atoms with Gasteiger partial charge in [0, 0.05) is 18.0 Å². The Morgan fingerprint density at radius 1 is 1.39 bits per heavy atom. The van der Waals surface area contributed by atoms with E-state index in [2.05, 4.69) is 18.4 Å². The zero-order valence-electron chi connectivity index (χ0n) is 11.0. The Morgan fingerprint density at radius 2 is 2.17 bits per heavy atom. The van der Waals surface area contributed by atoms with Gasteiger partial charge >= 0.3 is 0 Å². The van der Waals surface area contributed by atoms with Crippen molar-refractivity contribution in [2.75, 3.05) is 6.54 Å². The first-order chi connectivity index (χ1) is 8.69. The molecule has 0 saturated heterocycles. The van der Waals surface area contributed by atoms with E-state index in [4.69, 9.17) is 22.3 Å². The van der Waals surface area contributed by atoms with Gasteiger partial charge in [-0.2, -0.15) is 0 Å². The summed E-state index contributed by atoms with van der Waals surface area (Å²) in [5.74, 6) is 1.62. The number of hydrogen-bond donors (Lipinski definition) is 1. The molecule has 1 unspecified atom stereocenters. The zero-order chi connectivity index (χ0) is 13.1. The van der Waals surface area contributed by atoms with E-state index in [0.29, 0.717) is 12.5 Å². The molecule has 2 N–H and O–H groups in total. The molecular formula is C14H20ClN3. The Kier molecular flexibility index (Phi) is 4.25. The van der Waals surface area contributed by atoms with Gasteiger partial charge in [0.05, 0.1) is 11.0 Å². The molecule has 98 valence electrons. The van der Waals surface area contributed by atoms with Crippen molar-refractivity contribution in [1.29, 1.82) is 0 Å². The number of nitrogens with two attached hydrogens (primary N) is 1. The van der Waals surface area contributed by atoms with E-state index in [1.54, 1.807) is 0 Å². The summed E-state index contributed by atoms with van der Waals surface area (Å²) >= 11 is 6.06. The highest BCUT2D eigenvalue weighted by Crippen LogP contribution is 2.22. The lowest BCUT2D eigenvalue weighted by molar-refractivity contribution is 0.494. The highest BCUT2D eigenvalue weighted by molar-refractivity contribution is 6.31. The van der Waals surface area contributed by atoms with Crippen LogP contribution >= 0.6 is 11.6 Å². The average molecular weight is 266 g/mol. The van der Waals surface area contributed by atoms with E-state index in [9.17, 15) is 0 Å². The minimum absolute atomic E-state index is 0.502. The molecule has 2 rings (SSSR count). The van der Waals surface area contributed by atoms with Crippen LogP contribution in [0.1, 0.15) is 26.1 Å². The molecule has 1 heterocycles. The molecule has 0 aliphatic rings. The van der Waals surface area contributed by atoms with Crippen molar-refractivity contribution in [3.63, 3.8) is 0 Å². The number of aryl methyl sites for hydroxylation is 1. The van der Waals surface area contributed by atoms with Crippen LogP contribution < -0.4 is 5.73 Å². The molecule has 0 amide bonds. The van der Waals surface area contributed by atoms with Gasteiger partial charge in [-0.3, -0.25) is 0 Å². The van der Waals surface area contributed by atoms with Crippen molar-refractivity contribution in [2.24, 2.45) is 11.7 Å². The second kappa shape index (κ2) is 5.72. The van der Waals surface area contributed by atoms with Crippen molar-refractivity contribution < 1.29 is 0 Å². The van der Waals surface area contributed by atoms with Gasteiger partial charge in [-0.25, -0.2) is 4.98 Å². The molecule has 18 heavy (non-hydrogen) atoms. The van der Waals surface area contributed by atoms with Crippen LogP contribution in [0.2, 0.25) is 5.02 Å². The molecule has 0 aliphatic heterocycles. The average Bonchev–Trinajstić information content (AvgIpc) is 2.72. The smallest absolute Gasteiger partial charge is 0.110 e. The van der Waals surface area contributed by atoms with E-state index in [1.165, 1.54) is 0 Å². The van der Waals surface area contributed by atoms with Gasteiger partial charge < -0.3 is 10.3 Å². The van der Waals surface area contributed by atoms with Gasteiger partial charge in [-0.05, 0) is 37.6 Å². The monoisotopic (exact) mass is 265 g/mol. The zero-order valence-corrected chi connectivity index (χ0v) is 11.7. The lowest BCUT2D eigenvalue weighted by Crippen LogP contribution is -2.18. The second-order valence-corrected chi connectivity index (χ2v) is 5.06. The summed E-state index contributed by atoms with van der Waals surface area (Å²) in [4.78, 5) is 4.71. The fourth-order valence-corrected chi connectivity index (χ4v) is 2.47. The van der Waals surface area contributed by atoms with Gasteiger partial charge in [-0.15, -0.1) is 0 Å². The van der Waals surface area contributed by atoms with Crippen molar-refractivity contribution in [3.05, 3.63) is 29.0 Å². The van der Waals surface area contributed by atoms with Gasteiger partial charge in [0.25, 0.3) is 0 Å². The Hall–Kier alpha value is -1.06. The summed E-state index contributed by atoms with van der Waals surface area (Å²) in [6.07, 6.45) is 2.03. The molecule has 1 aromatic carbocycles. The summed E-state index contributed by atoms with van der Waals surface area (Å²) in [5, 5.41) is 0.759. The molecule has 1 aromatic heterocycles. The summed E-state index contributed by atoms with van der Waals surface area (Å²) in [5.41, 5.74) is 7.92. The molecule has 0 bridgehead atoms. The minimum Gasteiger partial charge on any atom is -0.330 e. The topological polar surface area (TPSA) is 43.8 Å². The van der Waals surface area contributed by atoms with Crippen LogP contribution in [-0.4, -0.2) is 16.1 Å². The van der Waals surface area contributed by atoms with Gasteiger partial charge in [0.15, 0.2) is 0 Å². The largest absolute Gasteiger partial charge is 0.330 e. The fraction of sp³-hybridized carbons (Fsp3) is 0.500. The molecule has 1 atom stereocenters. The first kappa shape index (κ1) is 13.4. The fourth-order valence-electron chi connectivity index (χ4n) is 2.31. The van der Waals surface area contributed by atoms with Gasteiger partial charge in [-0.1, -0.05) is 24.9 Å². The maximum absolute atomic E-state index is 6.06. The standard InChI is InChI=1S/C14H20ClN3/c1-3-10(9-16)7-14-17-12-6-5-11(15)8-13(12)18(14)4-2/h5-6,8,10H,3-4,7,9,16H2,1-2H3. The molecule has 0 spiro atoms. The number of imidazole rings is 1. The SMILES string of the molecule is CCC(CN)Cc1nc2ccc(Cl)cc2n1CC. The highest BCUT2D eigenvalue weighted by Gasteiger charge is 2.13. The first-order valence-corrected chi connectivity index (χ1v) is 6.92. The molecule has 0 radical (unpaired) electrons. The Balaban J connectivity index is 2.44. The molecule has 0 saturated carbocycles. The third-order valence-corrected chi connectivity index (χ3v) is 3.72. The van der Waals surface area contributed by atoms with Crippen molar-refractivity contribution in [1.82, 2.24) is 9.55 Å². The molecule has 0 fully saturated rings. The van der Waals surface area contributed by atoms with Crippen LogP contribution in [0.3, 0.4) is 0 Å². The van der Waals surface area contributed by atoms with Crippen LogP contribution in [-0.2, 0) is 13.0 Å². The van der Waals surface area contributed by atoms with Crippen LogP contribution in [0.5, 0.6) is 0 Å². The van der Waals surface area contributed by atoms with E-state index in [-0.39, 0.29) is 0 Å². The quantitative estimate of drug-likeness (QED) is 0.902. The normalized spacial score (nSPS) is 13.1. The first-order valence-electron chi connectivity index (χ1n) is 6.54. The van der Waals surface area contributed by atoms with Crippen LogP contribution in [0.4, 0.5) is 0 Å². The summed E-state index contributed by atoms with van der Waals surface area (Å²) in [6, 6.07) is 5.86. The van der Waals surface area contributed by atoms with Crippen LogP contribution in [0.25, 0.3) is 11.0 Å². The van der Waals surface area contributed by atoms with Crippen molar-refractivity contribution in [2.45, 2.75) is 33.2 Å². The maximum atomic E-state index is 6.06. The Labute approximate surface area is 113 Å². The highest BCUT2D eigenvalue weighted by atomic mass is 35.5. The van der Waals surface area contributed by atoms with E-state index < -0.39 is 0 Å². The number of hydrogen-bond acceptors (Lipinski definition) is 2. The van der Waals surface area contributed by atoms with Crippen LogP contribution in [0.15, 0.2) is 18.2 Å². The predicted molar refractivity (Wildman–Crippen MR) is 77.0 cm³/mol. The lowest BCUT2D eigenvalue weighted by Gasteiger charge is -2.12. The number of rotatable bonds is 5. The number of aromatic nitrogens is 2. The Bertz CT molecular complexity index is 529. The van der Waals surface area contributed by atoms with Crippen molar-refractivity contribution >= 4 is 22.6 Å². The predicted octanol–water partition coefficient (Wildman–Crippen LogP) is 3.24. The molecule has 4 heteroatoms. The number of benzene rings is 1. The summed E-state index contributed by atoms with van der Waals surface area (Å²) in [7, 11) is 0. The minimum atomic E-state index is 0.502. The summed E-state index contributed by atoms with van der Waals surface area (Å²) in [6.45, 7) is 5.93. The Morgan fingerprint density at radius 3 is 2.78 bits per heavy atom. The number of halogens is 1. The number of fused-ring (bicyclic) bond motifs is 1. The third-order valence-electron chi connectivity index (χ3n) is 3.49. The van der Waals surface area contributed by atoms with Crippen molar-refractivity contribution in [3.8, 4) is 0 Å². The van der Waals surface area contributed by atoms with Gasteiger partial charge in [0.2, 0.25) is 0 Å². The lowest BCUT2D eigenvalue weighted by atomic mass is 10.0. The van der Waals surface area contributed by atoms with Crippen LogP contribution in [0, 0.1) is 5.92 Å². The molecule has 3 nitrogen and oxygen atoms in total. The van der Waals surface area contributed by atoms with E-state index in [0.717, 1.165) is 41.3 Å². The maximum Gasteiger partial charge on any atom is 0.110 e. The molecule has 0 aliphatic carbocycles.